The van der Waals surface area contributed by atoms with Crippen LogP contribution in [0.15, 0.2) is 0 Å². The minimum atomic E-state index is -0.540. The molecule has 2 amide bonds. The highest BCUT2D eigenvalue weighted by Gasteiger charge is 2.07. The van der Waals surface area contributed by atoms with Crippen LogP contribution in [0.5, 0.6) is 0 Å². The van der Waals surface area contributed by atoms with Crippen LogP contribution in [0, 0.1) is 0 Å². The lowest BCUT2D eigenvalue weighted by Gasteiger charge is -2.07. The Bertz CT molecular complexity index is 207. The fourth-order valence-corrected chi connectivity index (χ4v) is 0.841. The van der Waals surface area contributed by atoms with E-state index in [0.717, 1.165) is 0 Å². The van der Waals surface area contributed by atoms with Gasteiger partial charge < -0.3 is 21.1 Å². The Morgan fingerprint density at radius 2 is 2.00 bits per heavy atom. The van der Waals surface area contributed by atoms with Crippen molar-refractivity contribution in [3.8, 4) is 0 Å². The quantitative estimate of drug-likeness (QED) is 0.457. The molecule has 4 N–H and O–H groups in total. The van der Waals surface area contributed by atoms with Gasteiger partial charge in [0.25, 0.3) is 0 Å². The Balaban J connectivity index is 3.42. The van der Waals surface area contributed by atoms with Crippen molar-refractivity contribution >= 4 is 11.8 Å². The number of ether oxygens (including phenoxy) is 1. The first kappa shape index (κ1) is 13.9. The summed E-state index contributed by atoms with van der Waals surface area (Å²) in [5, 5.41) is 5.19. The highest BCUT2D eigenvalue weighted by Crippen LogP contribution is 1.80. The van der Waals surface area contributed by atoms with E-state index < -0.39 is 6.04 Å². The van der Waals surface area contributed by atoms with Crippen LogP contribution in [-0.4, -0.2) is 44.7 Å². The van der Waals surface area contributed by atoms with E-state index in [1.807, 2.05) is 0 Å². The number of nitrogens with two attached hydrogens (primary N) is 1. The average Bonchev–Trinajstić information content (AvgIpc) is 2.18. The van der Waals surface area contributed by atoms with Crippen molar-refractivity contribution in [3.05, 3.63) is 0 Å². The molecule has 6 heteroatoms. The van der Waals surface area contributed by atoms with Crippen LogP contribution in [0.25, 0.3) is 0 Å². The molecule has 15 heavy (non-hydrogen) atoms. The molecule has 0 unspecified atom stereocenters. The number of nitrogens with one attached hydrogen (secondary N) is 2. The van der Waals surface area contributed by atoms with E-state index >= 15 is 0 Å². The molecule has 0 radical (unpaired) electrons. The van der Waals surface area contributed by atoms with E-state index in [2.05, 4.69) is 10.6 Å². The van der Waals surface area contributed by atoms with Gasteiger partial charge in [0.15, 0.2) is 0 Å². The summed E-state index contributed by atoms with van der Waals surface area (Å²) in [6.45, 7) is 2.86. The molecule has 0 aliphatic rings. The van der Waals surface area contributed by atoms with Crippen molar-refractivity contribution in [3.63, 3.8) is 0 Å². The third kappa shape index (κ3) is 7.90. The molecule has 0 bridgehead atoms. The Hall–Kier alpha value is -1.14. The highest BCUT2D eigenvalue weighted by atomic mass is 16.5. The molecular formula is C9H19N3O3. The number of carbonyl (C=O) groups is 2. The van der Waals surface area contributed by atoms with Gasteiger partial charge in [0.2, 0.25) is 11.8 Å². The van der Waals surface area contributed by atoms with Gasteiger partial charge in [0, 0.05) is 26.6 Å². The van der Waals surface area contributed by atoms with Crippen LogP contribution in [0.1, 0.15) is 13.3 Å². The molecule has 0 spiro atoms. The first-order valence-corrected chi connectivity index (χ1v) is 4.87. The predicted molar refractivity (Wildman–Crippen MR) is 56.2 cm³/mol. The SMILES string of the molecule is COCCNC(=O)CCNC(=O)[C@@H](C)N. The standard InChI is InChI=1S/C9H19N3O3/c1-7(10)9(14)12-4-3-8(13)11-5-6-15-2/h7H,3-6,10H2,1-2H3,(H,11,13)(H,12,14)/t7-/m1/s1. The molecule has 0 saturated carbocycles. The summed E-state index contributed by atoms with van der Waals surface area (Å²) < 4.78 is 4.77. The number of hydrogen-bond acceptors (Lipinski definition) is 4. The second-order valence-electron chi connectivity index (χ2n) is 3.17. The largest absolute Gasteiger partial charge is 0.383 e. The van der Waals surface area contributed by atoms with Crippen LogP contribution >= 0.6 is 0 Å². The van der Waals surface area contributed by atoms with Gasteiger partial charge in [0.1, 0.15) is 0 Å². The Kier molecular flexibility index (Phi) is 7.57. The highest BCUT2D eigenvalue weighted by molar-refractivity contribution is 5.82. The fourth-order valence-electron chi connectivity index (χ4n) is 0.841. The van der Waals surface area contributed by atoms with Crippen molar-refractivity contribution in [2.75, 3.05) is 26.8 Å². The number of methoxy groups -OCH3 is 1. The Morgan fingerprint density at radius 1 is 1.33 bits per heavy atom. The molecule has 0 aromatic rings. The van der Waals surface area contributed by atoms with E-state index in [1.165, 1.54) is 0 Å². The van der Waals surface area contributed by atoms with E-state index in [4.69, 9.17) is 10.5 Å². The maximum absolute atomic E-state index is 11.1. The number of hydrogen-bond donors (Lipinski definition) is 3. The summed E-state index contributed by atoms with van der Waals surface area (Å²) in [5.74, 6) is -0.364. The monoisotopic (exact) mass is 217 g/mol. The van der Waals surface area contributed by atoms with E-state index in [9.17, 15) is 9.59 Å². The topological polar surface area (TPSA) is 93.5 Å². The fraction of sp³-hybridized carbons (Fsp3) is 0.778. The first-order chi connectivity index (χ1) is 7.07. The maximum Gasteiger partial charge on any atom is 0.236 e. The smallest absolute Gasteiger partial charge is 0.236 e. The predicted octanol–water partition coefficient (Wildman–Crippen LogP) is -1.40. The zero-order chi connectivity index (χ0) is 11.7. The third-order valence-electron chi connectivity index (χ3n) is 1.69. The van der Waals surface area contributed by atoms with Gasteiger partial charge in [-0.05, 0) is 6.92 Å². The Labute approximate surface area is 89.5 Å². The number of carbonyl (C=O) groups excluding carboxylic acids is 2. The second kappa shape index (κ2) is 8.19. The molecule has 0 rings (SSSR count). The summed E-state index contributed by atoms with van der Waals surface area (Å²) >= 11 is 0. The number of amides is 2. The van der Waals surface area contributed by atoms with Gasteiger partial charge in [-0.2, -0.15) is 0 Å². The summed E-state index contributed by atoms with van der Waals surface area (Å²) in [5.41, 5.74) is 5.32. The molecule has 0 aromatic heterocycles. The Morgan fingerprint density at radius 3 is 2.53 bits per heavy atom. The molecule has 0 aromatic carbocycles. The van der Waals surface area contributed by atoms with Crippen molar-refractivity contribution in [2.24, 2.45) is 5.73 Å². The van der Waals surface area contributed by atoms with Gasteiger partial charge in [-0.25, -0.2) is 0 Å². The molecular weight excluding hydrogens is 198 g/mol. The van der Waals surface area contributed by atoms with Crippen LogP contribution in [-0.2, 0) is 14.3 Å². The van der Waals surface area contributed by atoms with Crippen LogP contribution < -0.4 is 16.4 Å². The molecule has 88 valence electrons. The summed E-state index contributed by atoms with van der Waals surface area (Å²) in [7, 11) is 1.56. The molecule has 0 aliphatic heterocycles. The lowest BCUT2D eigenvalue weighted by atomic mass is 10.3. The molecule has 0 aliphatic carbocycles. The summed E-state index contributed by atoms with van der Waals surface area (Å²) in [4.78, 5) is 22.1. The molecule has 6 nitrogen and oxygen atoms in total. The van der Waals surface area contributed by atoms with Gasteiger partial charge in [-0.15, -0.1) is 0 Å². The lowest BCUT2D eigenvalue weighted by molar-refractivity contribution is -0.123. The van der Waals surface area contributed by atoms with Crippen molar-refractivity contribution in [1.29, 1.82) is 0 Å². The van der Waals surface area contributed by atoms with Crippen molar-refractivity contribution in [2.45, 2.75) is 19.4 Å². The molecule has 0 saturated heterocycles. The third-order valence-corrected chi connectivity index (χ3v) is 1.69. The van der Waals surface area contributed by atoms with E-state index in [-0.39, 0.29) is 18.2 Å². The lowest BCUT2D eigenvalue weighted by Crippen LogP contribution is -2.40. The zero-order valence-electron chi connectivity index (χ0n) is 9.21. The van der Waals surface area contributed by atoms with Crippen LogP contribution in [0.3, 0.4) is 0 Å². The maximum atomic E-state index is 11.1. The van der Waals surface area contributed by atoms with Crippen molar-refractivity contribution < 1.29 is 14.3 Å². The van der Waals surface area contributed by atoms with Gasteiger partial charge in [0.05, 0.1) is 12.6 Å². The number of rotatable bonds is 7. The molecule has 0 heterocycles. The van der Waals surface area contributed by atoms with E-state index in [0.29, 0.717) is 19.7 Å². The molecule has 0 fully saturated rings. The summed E-state index contributed by atoms with van der Waals surface area (Å²) in [6, 6.07) is -0.540. The summed E-state index contributed by atoms with van der Waals surface area (Å²) in [6.07, 6.45) is 0.252. The van der Waals surface area contributed by atoms with Gasteiger partial charge in [-0.1, -0.05) is 0 Å². The van der Waals surface area contributed by atoms with Crippen LogP contribution in [0.2, 0.25) is 0 Å². The zero-order valence-corrected chi connectivity index (χ0v) is 9.21. The molecule has 1 atom stereocenters. The van der Waals surface area contributed by atoms with Gasteiger partial charge in [-0.3, -0.25) is 9.59 Å². The van der Waals surface area contributed by atoms with Gasteiger partial charge >= 0.3 is 0 Å². The first-order valence-electron chi connectivity index (χ1n) is 4.87. The average molecular weight is 217 g/mol. The minimum Gasteiger partial charge on any atom is -0.383 e. The van der Waals surface area contributed by atoms with Crippen LogP contribution in [0.4, 0.5) is 0 Å². The minimum absolute atomic E-state index is 0.114. The van der Waals surface area contributed by atoms with Crippen molar-refractivity contribution in [1.82, 2.24) is 10.6 Å². The normalized spacial score (nSPS) is 11.9. The van der Waals surface area contributed by atoms with E-state index in [1.54, 1.807) is 14.0 Å². The second-order valence-corrected chi connectivity index (χ2v) is 3.17.